The minimum Gasteiger partial charge on any atom is -0.480 e. The molecule has 0 aromatic heterocycles. The van der Waals surface area contributed by atoms with Gasteiger partial charge in [0.1, 0.15) is 5.60 Å². The number of aliphatic carboxylic acids is 1. The molecule has 2 rings (SSSR count). The van der Waals surface area contributed by atoms with Crippen LogP contribution >= 0.6 is 0 Å². The van der Waals surface area contributed by atoms with Gasteiger partial charge in [0.05, 0.1) is 13.2 Å². The van der Waals surface area contributed by atoms with Crippen molar-refractivity contribution >= 4 is 12.1 Å². The predicted molar refractivity (Wildman–Crippen MR) is 102 cm³/mol. The molecular weight excluding hydrogens is 346 g/mol. The Bertz CT molecular complexity index is 750. The third kappa shape index (κ3) is 7.11. The van der Waals surface area contributed by atoms with Gasteiger partial charge in [-0.1, -0.05) is 54.6 Å². The molecule has 0 aliphatic heterocycles. The Morgan fingerprint density at radius 3 is 2.15 bits per heavy atom. The zero-order valence-corrected chi connectivity index (χ0v) is 15.8. The molecule has 0 saturated carbocycles. The highest BCUT2D eigenvalue weighted by Crippen LogP contribution is 2.19. The second kappa shape index (κ2) is 9.19. The van der Waals surface area contributed by atoms with Crippen LogP contribution in [0.5, 0.6) is 0 Å². The van der Waals surface area contributed by atoms with E-state index < -0.39 is 23.7 Å². The first-order chi connectivity index (χ1) is 12.7. The summed E-state index contributed by atoms with van der Waals surface area (Å²) in [5.74, 6) is -1.18. The van der Waals surface area contributed by atoms with Crippen LogP contribution in [0.2, 0.25) is 0 Å². The lowest BCUT2D eigenvalue weighted by molar-refractivity contribution is -0.141. The van der Waals surface area contributed by atoms with Crippen molar-refractivity contribution in [2.24, 2.45) is 0 Å². The summed E-state index contributed by atoms with van der Waals surface area (Å²) in [6.07, 6.45) is -0.786. The van der Waals surface area contributed by atoms with Gasteiger partial charge in [0.25, 0.3) is 0 Å². The first-order valence-corrected chi connectivity index (χ1v) is 8.69. The van der Waals surface area contributed by atoms with E-state index in [1.165, 1.54) is 0 Å². The van der Waals surface area contributed by atoms with Gasteiger partial charge < -0.3 is 19.9 Å². The molecule has 0 fully saturated rings. The summed E-state index contributed by atoms with van der Waals surface area (Å²) in [6.45, 7) is 5.21. The maximum Gasteiger partial charge on any atom is 0.408 e. The number of carboxylic acids is 1. The van der Waals surface area contributed by atoms with Crippen molar-refractivity contribution in [2.45, 2.75) is 39.0 Å². The van der Waals surface area contributed by atoms with E-state index in [2.05, 4.69) is 5.32 Å². The van der Waals surface area contributed by atoms with Crippen molar-refractivity contribution < 1.29 is 24.2 Å². The number of benzene rings is 2. The monoisotopic (exact) mass is 371 g/mol. The molecule has 2 aromatic carbocycles. The van der Waals surface area contributed by atoms with Crippen molar-refractivity contribution in [1.29, 1.82) is 0 Å². The Kier molecular flexibility index (Phi) is 6.96. The van der Waals surface area contributed by atoms with E-state index in [1.807, 2.05) is 54.6 Å². The number of carboxylic acid groups (broad SMARTS) is 1. The molecule has 0 unspecified atom stereocenters. The second-order valence-corrected chi connectivity index (χ2v) is 7.12. The van der Waals surface area contributed by atoms with E-state index >= 15 is 0 Å². The first kappa shape index (κ1) is 20.5. The maximum absolute atomic E-state index is 11.7. The average molecular weight is 371 g/mol. The molecule has 27 heavy (non-hydrogen) atoms. The summed E-state index contributed by atoms with van der Waals surface area (Å²) in [5.41, 5.74) is 2.43. The van der Waals surface area contributed by atoms with Gasteiger partial charge in [0, 0.05) is 0 Å². The third-order valence-electron chi connectivity index (χ3n) is 3.60. The molecule has 0 spiro atoms. The fraction of sp³-hybridized carbons (Fsp3) is 0.333. The number of hydrogen-bond acceptors (Lipinski definition) is 4. The van der Waals surface area contributed by atoms with Gasteiger partial charge in [-0.15, -0.1) is 0 Å². The lowest BCUT2D eigenvalue weighted by Gasteiger charge is -2.22. The van der Waals surface area contributed by atoms with Gasteiger partial charge in [0.2, 0.25) is 0 Å². The van der Waals surface area contributed by atoms with Crippen LogP contribution in [0.4, 0.5) is 4.79 Å². The zero-order chi connectivity index (χ0) is 19.9. The van der Waals surface area contributed by atoms with Crippen LogP contribution in [0.15, 0.2) is 54.6 Å². The van der Waals surface area contributed by atoms with Crippen LogP contribution in [-0.4, -0.2) is 35.4 Å². The van der Waals surface area contributed by atoms with Crippen LogP contribution in [0, 0.1) is 0 Å². The van der Waals surface area contributed by atoms with Gasteiger partial charge in [-0.3, -0.25) is 0 Å². The molecule has 2 aromatic rings. The van der Waals surface area contributed by atoms with E-state index in [1.54, 1.807) is 20.8 Å². The summed E-state index contributed by atoms with van der Waals surface area (Å²) < 4.78 is 10.5. The smallest absolute Gasteiger partial charge is 0.408 e. The average Bonchev–Trinajstić information content (AvgIpc) is 2.60. The maximum atomic E-state index is 11.7. The SMILES string of the molecule is CC(C)(C)OC(=O)N[C@H](COCc1ccc(-c2ccccc2)cc1)C(=O)O. The Morgan fingerprint density at radius 2 is 1.59 bits per heavy atom. The number of ether oxygens (including phenoxy) is 2. The fourth-order valence-electron chi connectivity index (χ4n) is 2.34. The van der Waals surface area contributed by atoms with Crippen molar-refractivity contribution in [3.8, 4) is 11.1 Å². The van der Waals surface area contributed by atoms with Gasteiger partial charge in [0.15, 0.2) is 6.04 Å². The van der Waals surface area contributed by atoms with Crippen molar-refractivity contribution in [3.05, 3.63) is 60.2 Å². The molecule has 0 radical (unpaired) electrons. The number of amides is 1. The van der Waals surface area contributed by atoms with Crippen LogP contribution in [0.1, 0.15) is 26.3 Å². The molecular formula is C21H25NO5. The molecule has 0 heterocycles. The first-order valence-electron chi connectivity index (χ1n) is 8.69. The summed E-state index contributed by atoms with van der Waals surface area (Å²) in [4.78, 5) is 23.0. The topological polar surface area (TPSA) is 84.9 Å². The van der Waals surface area contributed by atoms with Crippen molar-refractivity contribution in [3.63, 3.8) is 0 Å². The summed E-state index contributed by atoms with van der Waals surface area (Å²) in [6, 6.07) is 16.7. The molecule has 1 atom stereocenters. The van der Waals surface area contributed by atoms with E-state index in [4.69, 9.17) is 9.47 Å². The molecule has 0 aliphatic carbocycles. The fourth-order valence-corrected chi connectivity index (χ4v) is 2.34. The van der Waals surface area contributed by atoms with Crippen LogP contribution < -0.4 is 5.32 Å². The van der Waals surface area contributed by atoms with Crippen LogP contribution in [0.25, 0.3) is 11.1 Å². The Balaban J connectivity index is 1.86. The van der Waals surface area contributed by atoms with E-state index in [-0.39, 0.29) is 13.2 Å². The quantitative estimate of drug-likeness (QED) is 0.772. The van der Waals surface area contributed by atoms with Gasteiger partial charge in [-0.05, 0) is 37.5 Å². The Morgan fingerprint density at radius 1 is 1.00 bits per heavy atom. The highest BCUT2D eigenvalue weighted by Gasteiger charge is 2.24. The molecule has 0 aliphatic rings. The highest BCUT2D eigenvalue weighted by atomic mass is 16.6. The number of carbonyl (C=O) groups excluding carboxylic acids is 1. The van der Waals surface area contributed by atoms with Crippen LogP contribution in [0.3, 0.4) is 0 Å². The lowest BCUT2D eigenvalue weighted by Crippen LogP contribution is -2.46. The van der Waals surface area contributed by atoms with Crippen molar-refractivity contribution in [2.75, 3.05) is 6.61 Å². The standard InChI is InChI=1S/C21H25NO5/c1-21(2,3)27-20(25)22-18(19(23)24)14-26-13-15-9-11-17(12-10-15)16-7-5-4-6-8-16/h4-12,18H,13-14H2,1-3H3,(H,22,25)(H,23,24)/t18-/m1/s1. The van der Waals surface area contributed by atoms with Crippen molar-refractivity contribution in [1.82, 2.24) is 5.32 Å². The van der Waals surface area contributed by atoms with Gasteiger partial charge in [-0.2, -0.15) is 0 Å². The van der Waals surface area contributed by atoms with E-state index in [0.717, 1.165) is 16.7 Å². The van der Waals surface area contributed by atoms with Gasteiger partial charge in [-0.25, -0.2) is 9.59 Å². The predicted octanol–water partition coefficient (Wildman–Crippen LogP) is 3.85. The third-order valence-corrected chi connectivity index (χ3v) is 3.60. The lowest BCUT2D eigenvalue weighted by atomic mass is 10.0. The van der Waals surface area contributed by atoms with E-state index in [9.17, 15) is 14.7 Å². The summed E-state index contributed by atoms with van der Waals surface area (Å²) in [5, 5.41) is 11.5. The van der Waals surface area contributed by atoms with Crippen LogP contribution in [-0.2, 0) is 20.9 Å². The Hall–Kier alpha value is -2.86. The molecule has 6 heteroatoms. The normalized spacial score (nSPS) is 12.3. The highest BCUT2D eigenvalue weighted by molar-refractivity contribution is 5.80. The molecule has 6 nitrogen and oxygen atoms in total. The minimum atomic E-state index is -1.18. The summed E-state index contributed by atoms with van der Waals surface area (Å²) >= 11 is 0. The molecule has 2 N–H and O–H groups in total. The zero-order valence-electron chi connectivity index (χ0n) is 15.8. The number of alkyl carbamates (subject to hydrolysis) is 1. The Labute approximate surface area is 159 Å². The molecule has 1 amide bonds. The van der Waals surface area contributed by atoms with E-state index in [0.29, 0.717) is 0 Å². The number of hydrogen-bond donors (Lipinski definition) is 2. The number of carbonyl (C=O) groups is 2. The van der Waals surface area contributed by atoms with Gasteiger partial charge >= 0.3 is 12.1 Å². The number of nitrogens with one attached hydrogen (secondary N) is 1. The number of rotatable bonds is 7. The second-order valence-electron chi connectivity index (χ2n) is 7.12. The minimum absolute atomic E-state index is 0.158. The molecule has 144 valence electrons. The molecule has 0 bridgehead atoms. The molecule has 0 saturated heterocycles. The largest absolute Gasteiger partial charge is 0.480 e. The summed E-state index contributed by atoms with van der Waals surface area (Å²) in [7, 11) is 0.